The molecule has 4 rings (SSSR count). The van der Waals surface area contributed by atoms with Gasteiger partial charge in [-0.05, 0) is 66.0 Å². The number of nitrogens with zero attached hydrogens (tertiary/aromatic N) is 5. The zero-order valence-electron chi connectivity index (χ0n) is 23.6. The van der Waals surface area contributed by atoms with Crippen LogP contribution in [0.5, 0.6) is 0 Å². The smallest absolute Gasteiger partial charge is 0.416 e. The van der Waals surface area contributed by atoms with E-state index in [0.717, 1.165) is 16.5 Å². The lowest BCUT2D eigenvalue weighted by molar-refractivity contribution is 0.00597. The van der Waals surface area contributed by atoms with Gasteiger partial charge in [-0.25, -0.2) is 9.59 Å². The predicted octanol–water partition coefficient (Wildman–Crippen LogP) is 5.44. The molecule has 0 aliphatic carbocycles. The molecule has 2 aromatic heterocycles. The zero-order valence-corrected chi connectivity index (χ0v) is 23.6. The van der Waals surface area contributed by atoms with Gasteiger partial charge in [0.1, 0.15) is 17.0 Å². The van der Waals surface area contributed by atoms with E-state index in [2.05, 4.69) is 10.1 Å². The lowest BCUT2D eigenvalue weighted by Crippen LogP contribution is -2.55. The molecule has 1 aliphatic rings. The van der Waals surface area contributed by atoms with Crippen molar-refractivity contribution in [2.24, 2.45) is 0 Å². The molecular formula is C29H38N6O4. The number of benzene rings is 1. The number of nitrogens with one attached hydrogen (secondary N) is 1. The number of amidine groups is 1. The molecule has 1 atom stereocenters. The van der Waals surface area contributed by atoms with Crippen molar-refractivity contribution in [3.63, 3.8) is 0 Å². The van der Waals surface area contributed by atoms with E-state index >= 15 is 0 Å². The van der Waals surface area contributed by atoms with E-state index in [1.807, 2.05) is 55.8 Å². The van der Waals surface area contributed by atoms with Crippen LogP contribution in [0, 0.1) is 5.41 Å². The van der Waals surface area contributed by atoms with Crippen LogP contribution in [0.3, 0.4) is 0 Å². The van der Waals surface area contributed by atoms with Crippen molar-refractivity contribution in [1.29, 1.82) is 5.41 Å². The first-order valence-electron chi connectivity index (χ1n) is 13.2. The molecule has 1 fully saturated rings. The molecule has 0 spiro atoms. The van der Waals surface area contributed by atoms with Crippen molar-refractivity contribution < 1.29 is 19.1 Å². The monoisotopic (exact) mass is 534 g/mol. The average molecular weight is 535 g/mol. The topological polar surface area (TPSA) is 114 Å². The van der Waals surface area contributed by atoms with Gasteiger partial charge < -0.3 is 14.4 Å². The van der Waals surface area contributed by atoms with Crippen LogP contribution in [0.25, 0.3) is 10.9 Å². The number of carbonyl (C=O) groups is 2. The fourth-order valence-electron chi connectivity index (χ4n) is 4.53. The Hall–Kier alpha value is -3.95. The minimum Gasteiger partial charge on any atom is -0.444 e. The van der Waals surface area contributed by atoms with Crippen LogP contribution >= 0.6 is 0 Å². The van der Waals surface area contributed by atoms with Crippen molar-refractivity contribution in [1.82, 2.24) is 24.6 Å². The lowest BCUT2D eigenvalue weighted by atomic mass is 10.0. The molecule has 3 heterocycles. The Bertz CT molecular complexity index is 1340. The van der Waals surface area contributed by atoms with Gasteiger partial charge in [-0.1, -0.05) is 24.3 Å². The summed E-state index contributed by atoms with van der Waals surface area (Å²) in [6, 6.07) is 9.03. The van der Waals surface area contributed by atoms with Crippen molar-refractivity contribution in [2.75, 3.05) is 13.1 Å². The van der Waals surface area contributed by atoms with Gasteiger partial charge in [0.2, 0.25) is 0 Å². The van der Waals surface area contributed by atoms with Gasteiger partial charge in [0.15, 0.2) is 0 Å². The van der Waals surface area contributed by atoms with Crippen molar-refractivity contribution in [3.8, 4) is 0 Å². The molecule has 3 aromatic rings. The Labute approximate surface area is 229 Å². The van der Waals surface area contributed by atoms with E-state index in [-0.39, 0.29) is 12.4 Å². The molecule has 10 heteroatoms. The number of hydrogen-bond donors (Lipinski definition) is 1. The Morgan fingerprint density at radius 1 is 1.03 bits per heavy atom. The summed E-state index contributed by atoms with van der Waals surface area (Å²) in [7, 11) is 0. The number of aromatic nitrogens is 3. The van der Waals surface area contributed by atoms with Gasteiger partial charge >= 0.3 is 12.2 Å². The first kappa shape index (κ1) is 28.1. The number of amides is 2. The molecule has 0 saturated carbocycles. The predicted molar refractivity (Wildman–Crippen MR) is 149 cm³/mol. The van der Waals surface area contributed by atoms with E-state index in [1.165, 1.54) is 4.90 Å². The highest BCUT2D eigenvalue weighted by Gasteiger charge is 2.37. The van der Waals surface area contributed by atoms with Crippen LogP contribution in [0.4, 0.5) is 9.59 Å². The highest BCUT2D eigenvalue weighted by Crippen LogP contribution is 2.24. The average Bonchev–Trinajstić information content (AvgIpc) is 3.25. The Kier molecular flexibility index (Phi) is 7.94. The molecule has 2 amide bonds. The molecular weight excluding hydrogens is 496 g/mol. The number of fused-ring (bicyclic) bond motifs is 1. The number of likely N-dealkylation sites (tertiary alicyclic amines) is 1. The van der Waals surface area contributed by atoms with Crippen LogP contribution in [0.2, 0.25) is 0 Å². The van der Waals surface area contributed by atoms with E-state index in [0.29, 0.717) is 31.5 Å². The SMILES string of the molecule is CC(C)(C)OC(=O)N1CCC[C@@H](N(C(=N)c2ccc(Cn3ncc4cnccc43)cc2)C(=O)OC(C)(C)C)C1. The van der Waals surface area contributed by atoms with Crippen molar-refractivity contribution in [2.45, 2.75) is 78.2 Å². The number of rotatable bonds is 4. The Morgan fingerprint density at radius 2 is 1.72 bits per heavy atom. The van der Waals surface area contributed by atoms with E-state index < -0.39 is 29.4 Å². The van der Waals surface area contributed by atoms with Crippen LogP contribution in [0.1, 0.15) is 65.5 Å². The van der Waals surface area contributed by atoms with Crippen LogP contribution in [-0.4, -0.2) is 72.9 Å². The lowest BCUT2D eigenvalue weighted by Gasteiger charge is -2.40. The normalized spacial score (nSPS) is 16.2. The third-order valence-corrected chi connectivity index (χ3v) is 6.25. The number of pyridine rings is 1. The number of hydrogen-bond acceptors (Lipinski definition) is 7. The summed E-state index contributed by atoms with van der Waals surface area (Å²) in [6.07, 6.45) is 5.60. The second-order valence-corrected chi connectivity index (χ2v) is 11.9. The summed E-state index contributed by atoms with van der Waals surface area (Å²) in [6.45, 7) is 12.2. The molecule has 1 saturated heterocycles. The number of piperidine rings is 1. The maximum atomic E-state index is 13.4. The second-order valence-electron chi connectivity index (χ2n) is 11.9. The van der Waals surface area contributed by atoms with Gasteiger partial charge in [-0.3, -0.25) is 20.0 Å². The molecule has 1 N–H and O–H groups in total. The standard InChI is InChI=1S/C29H38N6O4/c1-28(2,3)38-26(36)33-15-7-8-23(19-33)35(27(37)39-29(4,5)6)25(30)21-11-9-20(10-12-21)18-34-24-13-14-31-16-22(24)17-32-34/h9-14,16-17,23,30H,7-8,15,18-19H2,1-6H3/t23-/m1/s1. The largest absolute Gasteiger partial charge is 0.444 e. The fraction of sp³-hybridized carbons (Fsp3) is 0.483. The Morgan fingerprint density at radius 3 is 2.38 bits per heavy atom. The van der Waals surface area contributed by atoms with Gasteiger partial charge in [0.05, 0.1) is 24.3 Å². The van der Waals surface area contributed by atoms with Gasteiger partial charge in [0, 0.05) is 36.4 Å². The molecule has 1 aliphatic heterocycles. The number of ether oxygens (including phenoxy) is 2. The Balaban J connectivity index is 1.54. The quantitative estimate of drug-likeness (QED) is 0.352. The summed E-state index contributed by atoms with van der Waals surface area (Å²) in [5, 5.41) is 14.4. The van der Waals surface area contributed by atoms with E-state index in [1.54, 1.807) is 44.3 Å². The van der Waals surface area contributed by atoms with E-state index in [9.17, 15) is 9.59 Å². The molecule has 1 aromatic carbocycles. The second kappa shape index (κ2) is 11.0. The van der Waals surface area contributed by atoms with Crippen LogP contribution in [-0.2, 0) is 16.0 Å². The molecule has 39 heavy (non-hydrogen) atoms. The summed E-state index contributed by atoms with van der Waals surface area (Å²) < 4.78 is 13.2. The van der Waals surface area contributed by atoms with E-state index in [4.69, 9.17) is 14.9 Å². The minimum atomic E-state index is -0.735. The highest BCUT2D eigenvalue weighted by atomic mass is 16.6. The molecule has 208 valence electrons. The van der Waals surface area contributed by atoms with Crippen LogP contribution < -0.4 is 0 Å². The number of carbonyl (C=O) groups excluding carboxylic acids is 2. The van der Waals surface area contributed by atoms with Crippen LogP contribution in [0.15, 0.2) is 48.9 Å². The third-order valence-electron chi connectivity index (χ3n) is 6.25. The molecule has 0 radical (unpaired) electrons. The summed E-state index contributed by atoms with van der Waals surface area (Å²) in [4.78, 5) is 33.3. The van der Waals surface area contributed by atoms with Gasteiger partial charge in [-0.2, -0.15) is 5.10 Å². The van der Waals surface area contributed by atoms with Gasteiger partial charge in [0.25, 0.3) is 0 Å². The summed E-state index contributed by atoms with van der Waals surface area (Å²) >= 11 is 0. The summed E-state index contributed by atoms with van der Waals surface area (Å²) in [5.41, 5.74) is 1.22. The maximum absolute atomic E-state index is 13.4. The summed E-state index contributed by atoms with van der Waals surface area (Å²) in [5.74, 6) is 0.0300. The fourth-order valence-corrected chi connectivity index (χ4v) is 4.53. The zero-order chi connectivity index (χ0) is 28.4. The molecule has 0 bridgehead atoms. The van der Waals surface area contributed by atoms with Crippen molar-refractivity contribution in [3.05, 3.63) is 60.0 Å². The van der Waals surface area contributed by atoms with Crippen molar-refractivity contribution >= 4 is 28.9 Å². The minimum absolute atomic E-state index is 0.0300. The first-order valence-corrected chi connectivity index (χ1v) is 13.2. The highest BCUT2D eigenvalue weighted by molar-refractivity contribution is 6.05. The van der Waals surface area contributed by atoms with Gasteiger partial charge in [-0.15, -0.1) is 0 Å². The third kappa shape index (κ3) is 7.13. The maximum Gasteiger partial charge on any atom is 0.416 e. The molecule has 0 unspecified atom stereocenters. The molecule has 10 nitrogen and oxygen atoms in total. The first-order chi connectivity index (χ1) is 18.3.